The summed E-state index contributed by atoms with van der Waals surface area (Å²) in [4.78, 5) is 0. The van der Waals surface area contributed by atoms with E-state index < -0.39 is 0 Å². The molecule has 66 valence electrons. The fourth-order valence-electron chi connectivity index (χ4n) is 1.33. The van der Waals surface area contributed by atoms with E-state index in [1.54, 1.807) is 0 Å². The Kier molecular flexibility index (Phi) is 4.16. The van der Waals surface area contributed by atoms with Crippen LogP contribution in [0.15, 0.2) is 30.3 Å². The molecule has 0 radical (unpaired) electrons. The molecule has 12 heavy (non-hydrogen) atoms. The highest BCUT2D eigenvalue weighted by Crippen LogP contribution is 2.19. The van der Waals surface area contributed by atoms with E-state index in [1.165, 1.54) is 12.0 Å². The quantitative estimate of drug-likeness (QED) is 0.622. The summed E-state index contributed by atoms with van der Waals surface area (Å²) < 4.78 is 0. The highest BCUT2D eigenvalue weighted by molar-refractivity contribution is 6.17. The molecule has 0 aliphatic carbocycles. The molecule has 1 atom stereocenters. The Morgan fingerprint density at radius 3 is 2.50 bits per heavy atom. The minimum Gasteiger partial charge on any atom is -0.127 e. The molecule has 0 aliphatic rings. The molecule has 0 fully saturated rings. The lowest BCUT2D eigenvalue weighted by atomic mass is 9.97. The molecule has 1 aromatic carbocycles. The van der Waals surface area contributed by atoms with Crippen LogP contribution in [0.1, 0.15) is 31.2 Å². The summed E-state index contributed by atoms with van der Waals surface area (Å²) in [6, 6.07) is 10.6. The molecule has 0 spiro atoms. The van der Waals surface area contributed by atoms with Gasteiger partial charge in [-0.2, -0.15) is 0 Å². The lowest BCUT2D eigenvalue weighted by Crippen LogP contribution is -1.93. The summed E-state index contributed by atoms with van der Waals surface area (Å²) in [7, 11) is 0. The van der Waals surface area contributed by atoms with Crippen molar-refractivity contribution in [3.8, 4) is 0 Å². The van der Waals surface area contributed by atoms with Crippen LogP contribution in [0.25, 0.3) is 0 Å². The van der Waals surface area contributed by atoms with Gasteiger partial charge in [-0.3, -0.25) is 0 Å². The molecule has 1 unspecified atom stereocenters. The lowest BCUT2D eigenvalue weighted by molar-refractivity contribution is 0.668. The number of hydrogen-bond donors (Lipinski definition) is 0. The van der Waals surface area contributed by atoms with Gasteiger partial charge in [-0.15, -0.1) is 11.6 Å². The summed E-state index contributed by atoms with van der Waals surface area (Å²) in [6.45, 7) is 2.25. The zero-order chi connectivity index (χ0) is 8.81. The number of halogens is 1. The van der Waals surface area contributed by atoms with Crippen LogP contribution in [0, 0.1) is 0 Å². The van der Waals surface area contributed by atoms with E-state index in [0.29, 0.717) is 5.92 Å². The second kappa shape index (κ2) is 5.21. The van der Waals surface area contributed by atoms with Crippen LogP contribution in [0.4, 0.5) is 0 Å². The molecule has 0 saturated carbocycles. The molecule has 0 N–H and O–H groups in total. The Hall–Kier alpha value is -0.490. The van der Waals surface area contributed by atoms with Gasteiger partial charge in [0.15, 0.2) is 0 Å². The highest BCUT2D eigenvalue weighted by Gasteiger charge is 2.02. The van der Waals surface area contributed by atoms with Crippen molar-refractivity contribution in [2.45, 2.75) is 25.7 Å². The standard InChI is InChI=1S/C11H15Cl/c1-10(6-5-9-12)11-7-3-2-4-8-11/h2-4,7-8,10H,5-6,9H2,1H3. The number of rotatable bonds is 4. The van der Waals surface area contributed by atoms with Crippen LogP contribution < -0.4 is 0 Å². The van der Waals surface area contributed by atoms with Gasteiger partial charge in [0.1, 0.15) is 0 Å². The smallest absolute Gasteiger partial charge is 0.0223 e. The van der Waals surface area contributed by atoms with Crippen molar-refractivity contribution in [3.63, 3.8) is 0 Å². The predicted molar refractivity (Wildman–Crippen MR) is 54.8 cm³/mol. The van der Waals surface area contributed by atoms with Crippen LogP contribution in [0.5, 0.6) is 0 Å². The van der Waals surface area contributed by atoms with Crippen molar-refractivity contribution in [2.24, 2.45) is 0 Å². The van der Waals surface area contributed by atoms with Crippen LogP contribution in [-0.2, 0) is 0 Å². The van der Waals surface area contributed by atoms with E-state index in [-0.39, 0.29) is 0 Å². The topological polar surface area (TPSA) is 0 Å². The molecule has 0 aliphatic heterocycles. The Labute approximate surface area is 79.6 Å². The van der Waals surface area contributed by atoms with Crippen LogP contribution in [0.2, 0.25) is 0 Å². The van der Waals surface area contributed by atoms with Crippen molar-refractivity contribution >= 4 is 11.6 Å². The third-order valence-electron chi connectivity index (χ3n) is 2.14. The zero-order valence-corrected chi connectivity index (χ0v) is 8.22. The first kappa shape index (κ1) is 9.60. The van der Waals surface area contributed by atoms with Crippen molar-refractivity contribution < 1.29 is 0 Å². The molecule has 0 bridgehead atoms. The third-order valence-corrected chi connectivity index (χ3v) is 2.41. The van der Waals surface area contributed by atoms with Crippen molar-refractivity contribution in [3.05, 3.63) is 35.9 Å². The first-order chi connectivity index (χ1) is 5.84. The molecule has 1 rings (SSSR count). The van der Waals surface area contributed by atoms with Crippen molar-refractivity contribution in [2.75, 3.05) is 5.88 Å². The van der Waals surface area contributed by atoms with Gasteiger partial charge in [-0.1, -0.05) is 37.3 Å². The summed E-state index contributed by atoms with van der Waals surface area (Å²) in [5.74, 6) is 1.42. The van der Waals surface area contributed by atoms with E-state index in [4.69, 9.17) is 11.6 Å². The maximum Gasteiger partial charge on any atom is 0.0223 e. The van der Waals surface area contributed by atoms with Gasteiger partial charge in [0.2, 0.25) is 0 Å². The molecule has 0 saturated heterocycles. The fourth-order valence-corrected chi connectivity index (χ4v) is 1.49. The normalized spacial score (nSPS) is 12.8. The minimum absolute atomic E-state index is 0.643. The van der Waals surface area contributed by atoms with Crippen molar-refractivity contribution in [1.29, 1.82) is 0 Å². The lowest BCUT2D eigenvalue weighted by Gasteiger charge is -2.09. The van der Waals surface area contributed by atoms with Gasteiger partial charge in [0, 0.05) is 5.88 Å². The zero-order valence-electron chi connectivity index (χ0n) is 7.46. The Bertz CT molecular complexity index is 206. The van der Waals surface area contributed by atoms with Crippen molar-refractivity contribution in [1.82, 2.24) is 0 Å². The molecule has 1 heteroatoms. The Morgan fingerprint density at radius 1 is 1.25 bits per heavy atom. The maximum absolute atomic E-state index is 5.63. The molecule has 0 aromatic heterocycles. The summed E-state index contributed by atoms with van der Waals surface area (Å²) in [6.07, 6.45) is 2.30. The summed E-state index contributed by atoms with van der Waals surface area (Å²) in [5, 5.41) is 0. The first-order valence-electron chi connectivity index (χ1n) is 4.45. The first-order valence-corrected chi connectivity index (χ1v) is 4.99. The third kappa shape index (κ3) is 2.86. The molecule has 0 amide bonds. The number of hydrogen-bond acceptors (Lipinski definition) is 0. The maximum atomic E-state index is 5.63. The van der Waals surface area contributed by atoms with Gasteiger partial charge in [0.05, 0.1) is 0 Å². The molecule has 0 nitrogen and oxygen atoms in total. The monoisotopic (exact) mass is 182 g/mol. The average molecular weight is 183 g/mol. The molecule has 1 aromatic rings. The van der Waals surface area contributed by atoms with E-state index in [0.717, 1.165) is 12.3 Å². The van der Waals surface area contributed by atoms with E-state index in [9.17, 15) is 0 Å². The average Bonchev–Trinajstić information content (AvgIpc) is 2.15. The van der Waals surface area contributed by atoms with Crippen LogP contribution in [0.3, 0.4) is 0 Å². The second-order valence-corrected chi connectivity index (χ2v) is 3.52. The van der Waals surface area contributed by atoms with Crippen LogP contribution in [-0.4, -0.2) is 5.88 Å². The number of benzene rings is 1. The van der Waals surface area contributed by atoms with Gasteiger partial charge < -0.3 is 0 Å². The van der Waals surface area contributed by atoms with E-state index in [2.05, 4.69) is 37.3 Å². The Morgan fingerprint density at radius 2 is 1.92 bits per heavy atom. The number of alkyl halides is 1. The van der Waals surface area contributed by atoms with Gasteiger partial charge in [-0.25, -0.2) is 0 Å². The van der Waals surface area contributed by atoms with Gasteiger partial charge in [0.25, 0.3) is 0 Å². The fraction of sp³-hybridized carbons (Fsp3) is 0.455. The largest absolute Gasteiger partial charge is 0.127 e. The summed E-state index contributed by atoms with van der Waals surface area (Å²) >= 11 is 5.63. The minimum atomic E-state index is 0.643. The molecular formula is C11H15Cl. The van der Waals surface area contributed by atoms with Gasteiger partial charge >= 0.3 is 0 Å². The Balaban J connectivity index is 2.48. The SMILES string of the molecule is CC(CCCCl)c1ccccc1. The van der Waals surface area contributed by atoms with E-state index in [1.807, 2.05) is 0 Å². The van der Waals surface area contributed by atoms with E-state index >= 15 is 0 Å². The second-order valence-electron chi connectivity index (χ2n) is 3.14. The molecule has 0 heterocycles. The highest BCUT2D eigenvalue weighted by atomic mass is 35.5. The molecular weight excluding hydrogens is 168 g/mol. The summed E-state index contributed by atoms with van der Waals surface area (Å²) in [5.41, 5.74) is 1.42. The van der Waals surface area contributed by atoms with Crippen LogP contribution >= 0.6 is 11.6 Å². The van der Waals surface area contributed by atoms with Gasteiger partial charge in [-0.05, 0) is 24.3 Å². The predicted octanol–water partition coefficient (Wildman–Crippen LogP) is 3.81.